The van der Waals surface area contributed by atoms with Crippen molar-refractivity contribution < 1.29 is 28.6 Å². The summed E-state index contributed by atoms with van der Waals surface area (Å²) in [5.74, 6) is -1.41. The van der Waals surface area contributed by atoms with Crippen molar-refractivity contribution >= 4 is 18.0 Å². The van der Waals surface area contributed by atoms with Gasteiger partial charge in [0, 0.05) is 5.92 Å². The fourth-order valence-corrected chi connectivity index (χ4v) is 3.94. The van der Waals surface area contributed by atoms with Crippen molar-refractivity contribution in [3.8, 4) is 11.1 Å². The van der Waals surface area contributed by atoms with Crippen molar-refractivity contribution in [2.24, 2.45) is 0 Å². The van der Waals surface area contributed by atoms with Crippen LogP contribution in [0.4, 0.5) is 4.79 Å². The first-order chi connectivity index (χ1) is 16.2. The van der Waals surface area contributed by atoms with Crippen LogP contribution < -0.4 is 5.32 Å². The Balaban J connectivity index is 1.65. The number of hydrogen-bond acceptors (Lipinski definition) is 6. The molecule has 7 heteroatoms. The summed E-state index contributed by atoms with van der Waals surface area (Å²) >= 11 is 0. The van der Waals surface area contributed by atoms with E-state index < -0.39 is 29.7 Å². The largest absolute Gasteiger partial charge is 0.464 e. The molecule has 0 saturated heterocycles. The van der Waals surface area contributed by atoms with Crippen molar-refractivity contribution in [1.29, 1.82) is 0 Å². The minimum absolute atomic E-state index is 0.101. The molecule has 3 rings (SSSR count). The zero-order valence-corrected chi connectivity index (χ0v) is 20.3. The predicted molar refractivity (Wildman–Crippen MR) is 128 cm³/mol. The summed E-state index contributed by atoms with van der Waals surface area (Å²) < 4.78 is 16.1. The van der Waals surface area contributed by atoms with E-state index in [2.05, 4.69) is 17.4 Å². The molecule has 7 nitrogen and oxygen atoms in total. The van der Waals surface area contributed by atoms with Crippen LogP contribution in [-0.2, 0) is 23.8 Å². The zero-order valence-electron chi connectivity index (χ0n) is 20.3. The number of alkyl carbamates (subject to hydrolysis) is 1. The highest BCUT2D eigenvalue weighted by Gasteiger charge is 2.31. The van der Waals surface area contributed by atoms with E-state index in [4.69, 9.17) is 14.2 Å². The highest BCUT2D eigenvalue weighted by molar-refractivity contribution is 5.86. The van der Waals surface area contributed by atoms with Crippen LogP contribution in [0.3, 0.4) is 0 Å². The molecule has 1 N–H and O–H groups in total. The van der Waals surface area contributed by atoms with Gasteiger partial charge in [-0.05, 0) is 49.4 Å². The lowest BCUT2D eigenvalue weighted by atomic mass is 9.98. The first-order valence-electron chi connectivity index (χ1n) is 11.7. The van der Waals surface area contributed by atoms with E-state index in [1.165, 1.54) is 0 Å². The summed E-state index contributed by atoms with van der Waals surface area (Å²) in [6.07, 6.45) is 0.411. The smallest absolute Gasteiger partial charge is 0.407 e. The van der Waals surface area contributed by atoms with Crippen LogP contribution in [0, 0.1) is 0 Å². The number of carbonyl (C=O) groups is 3. The maximum absolute atomic E-state index is 12.6. The van der Waals surface area contributed by atoms with Gasteiger partial charge in [0.1, 0.15) is 18.2 Å². The Labute approximate surface area is 200 Å². The lowest BCUT2D eigenvalue weighted by molar-refractivity contribution is -0.159. The molecule has 0 spiro atoms. The molecule has 0 aliphatic heterocycles. The Hall–Kier alpha value is -3.35. The summed E-state index contributed by atoms with van der Waals surface area (Å²) in [5, 5.41) is 2.50. The topological polar surface area (TPSA) is 90.9 Å². The number of unbranched alkanes of at least 4 members (excludes halogenated alkanes) is 1. The van der Waals surface area contributed by atoms with Gasteiger partial charge in [-0.1, -0.05) is 61.9 Å². The quantitative estimate of drug-likeness (QED) is 0.318. The molecule has 182 valence electrons. The number of fused-ring (bicyclic) bond motifs is 3. The summed E-state index contributed by atoms with van der Waals surface area (Å²) in [6, 6.07) is 14.8. The average Bonchev–Trinajstić information content (AvgIpc) is 3.10. The summed E-state index contributed by atoms with van der Waals surface area (Å²) in [5.41, 5.74) is 3.70. The van der Waals surface area contributed by atoms with Gasteiger partial charge in [0.15, 0.2) is 0 Å². The normalized spacial score (nSPS) is 13.4. The minimum Gasteiger partial charge on any atom is -0.464 e. The predicted octanol–water partition coefficient (Wildman–Crippen LogP) is 4.97. The van der Waals surface area contributed by atoms with E-state index in [9.17, 15) is 14.4 Å². The second kappa shape index (κ2) is 11.2. The maximum Gasteiger partial charge on any atom is 0.407 e. The van der Waals surface area contributed by atoms with Gasteiger partial charge in [0.05, 0.1) is 13.0 Å². The third-order valence-electron chi connectivity index (χ3n) is 5.45. The molecule has 34 heavy (non-hydrogen) atoms. The fourth-order valence-electron chi connectivity index (χ4n) is 3.94. The molecule has 1 atom stereocenters. The second-order valence-corrected chi connectivity index (χ2v) is 9.33. The van der Waals surface area contributed by atoms with E-state index in [-0.39, 0.29) is 25.6 Å². The van der Waals surface area contributed by atoms with E-state index in [1.807, 2.05) is 43.3 Å². The number of nitrogens with one attached hydrogen (secondary N) is 1. The summed E-state index contributed by atoms with van der Waals surface area (Å²) in [7, 11) is 0. The van der Waals surface area contributed by atoms with Gasteiger partial charge in [0.25, 0.3) is 0 Å². The SMILES string of the molecule is CCCCOC(=O)C(CC(=O)OC(C)(C)C)NC(=O)OCC1c2ccccc2-c2ccccc21. The Morgan fingerprint density at radius 1 is 0.941 bits per heavy atom. The Morgan fingerprint density at radius 3 is 2.09 bits per heavy atom. The van der Waals surface area contributed by atoms with Crippen LogP contribution in [0.25, 0.3) is 11.1 Å². The van der Waals surface area contributed by atoms with Crippen LogP contribution in [0.15, 0.2) is 48.5 Å². The van der Waals surface area contributed by atoms with Crippen molar-refractivity contribution in [1.82, 2.24) is 5.32 Å². The van der Waals surface area contributed by atoms with Gasteiger partial charge in [0.2, 0.25) is 0 Å². The number of benzene rings is 2. The molecule has 1 aliphatic carbocycles. The minimum atomic E-state index is -1.19. The van der Waals surface area contributed by atoms with Gasteiger partial charge >= 0.3 is 18.0 Å². The molecule has 0 aromatic heterocycles. The van der Waals surface area contributed by atoms with Crippen LogP contribution in [0.5, 0.6) is 0 Å². The molecule has 0 radical (unpaired) electrons. The van der Waals surface area contributed by atoms with Crippen molar-refractivity contribution in [2.45, 2.75) is 64.5 Å². The third-order valence-corrected chi connectivity index (χ3v) is 5.45. The van der Waals surface area contributed by atoms with Crippen LogP contribution in [-0.4, -0.2) is 42.9 Å². The molecule has 0 saturated carbocycles. The molecule has 0 heterocycles. The highest BCUT2D eigenvalue weighted by Crippen LogP contribution is 2.44. The van der Waals surface area contributed by atoms with Crippen LogP contribution in [0.2, 0.25) is 0 Å². The van der Waals surface area contributed by atoms with Gasteiger partial charge in [-0.15, -0.1) is 0 Å². The molecule has 1 unspecified atom stereocenters. The lowest BCUT2D eigenvalue weighted by Gasteiger charge is -2.22. The molecule has 2 aromatic rings. The summed E-state index contributed by atoms with van der Waals surface area (Å²) in [6.45, 7) is 7.49. The van der Waals surface area contributed by atoms with E-state index in [0.29, 0.717) is 6.42 Å². The maximum atomic E-state index is 12.6. The number of hydrogen-bond donors (Lipinski definition) is 1. The van der Waals surface area contributed by atoms with Crippen LogP contribution in [0.1, 0.15) is 64.0 Å². The zero-order chi connectivity index (χ0) is 24.7. The van der Waals surface area contributed by atoms with Gasteiger partial charge in [-0.25, -0.2) is 9.59 Å². The molecule has 1 amide bonds. The van der Waals surface area contributed by atoms with Crippen molar-refractivity contribution in [2.75, 3.05) is 13.2 Å². The average molecular weight is 468 g/mol. The first kappa shape index (κ1) is 25.3. The first-order valence-corrected chi connectivity index (χ1v) is 11.7. The van der Waals surface area contributed by atoms with Crippen molar-refractivity contribution in [3.05, 3.63) is 59.7 Å². The summed E-state index contributed by atoms with van der Waals surface area (Å²) in [4.78, 5) is 37.5. The van der Waals surface area contributed by atoms with Gasteiger partial charge in [-0.3, -0.25) is 4.79 Å². The van der Waals surface area contributed by atoms with Crippen molar-refractivity contribution in [3.63, 3.8) is 0 Å². The molecule has 2 aromatic carbocycles. The molecular formula is C27H33NO6. The lowest BCUT2D eigenvalue weighted by Crippen LogP contribution is -2.44. The number of amides is 1. The van der Waals surface area contributed by atoms with E-state index in [1.54, 1.807) is 20.8 Å². The van der Waals surface area contributed by atoms with Gasteiger partial charge in [-0.2, -0.15) is 0 Å². The number of esters is 2. The second-order valence-electron chi connectivity index (χ2n) is 9.33. The Bertz CT molecular complexity index is 980. The molecule has 1 aliphatic rings. The molecular weight excluding hydrogens is 434 g/mol. The van der Waals surface area contributed by atoms with Gasteiger partial charge < -0.3 is 19.5 Å². The highest BCUT2D eigenvalue weighted by atomic mass is 16.6. The third kappa shape index (κ3) is 6.59. The molecule has 0 fully saturated rings. The fraction of sp³-hybridized carbons (Fsp3) is 0.444. The standard InChI is InChI=1S/C27H33NO6/c1-5-6-15-32-25(30)23(16-24(29)34-27(2,3)4)28-26(31)33-17-22-20-13-9-7-11-18(20)19-12-8-10-14-21(19)22/h7-14,22-23H,5-6,15-17H2,1-4H3,(H,28,31). The number of ether oxygens (including phenoxy) is 3. The Kier molecular flexibility index (Phi) is 8.31. The van der Waals surface area contributed by atoms with Crippen LogP contribution >= 0.6 is 0 Å². The van der Waals surface area contributed by atoms with E-state index >= 15 is 0 Å². The van der Waals surface area contributed by atoms with E-state index in [0.717, 1.165) is 28.7 Å². The monoisotopic (exact) mass is 467 g/mol. The number of carbonyl (C=O) groups excluding carboxylic acids is 3. The molecule has 0 bridgehead atoms. The Morgan fingerprint density at radius 2 is 1.53 bits per heavy atom. The number of rotatable bonds is 9.